The topological polar surface area (TPSA) is 105 Å². The largest absolute Gasteiger partial charge is 0.490 e. The van der Waals surface area contributed by atoms with Crippen molar-refractivity contribution in [1.29, 1.82) is 0 Å². The number of aromatic nitrogens is 3. The summed E-state index contributed by atoms with van der Waals surface area (Å²) in [5.74, 6) is 2.30. The first kappa shape index (κ1) is 30.4. The molecule has 0 N–H and O–H groups in total. The van der Waals surface area contributed by atoms with Crippen molar-refractivity contribution < 1.29 is 28.5 Å². The first-order chi connectivity index (χ1) is 22.4. The normalized spacial score (nSPS) is 18.7. The smallest absolute Gasteiger partial charge is 0.337 e. The molecule has 2 aromatic heterocycles. The Hall–Kier alpha value is -4.28. The van der Waals surface area contributed by atoms with Crippen LogP contribution in [0, 0.1) is 0 Å². The number of carbonyl (C=O) groups excluding carboxylic acids is 2. The van der Waals surface area contributed by atoms with Crippen LogP contribution in [0.4, 0.5) is 0 Å². The minimum atomic E-state index is -0.350. The summed E-state index contributed by atoms with van der Waals surface area (Å²) in [7, 11) is 1.40. The lowest BCUT2D eigenvalue weighted by molar-refractivity contribution is -0.0592. The van der Waals surface area contributed by atoms with Crippen molar-refractivity contribution in [1.82, 2.24) is 19.4 Å². The van der Waals surface area contributed by atoms with Gasteiger partial charge in [0.15, 0.2) is 5.78 Å². The summed E-state index contributed by atoms with van der Waals surface area (Å²) in [6.45, 7) is 5.99. The maximum absolute atomic E-state index is 12.2. The molecule has 4 heterocycles. The van der Waals surface area contributed by atoms with Crippen LogP contribution in [0.25, 0.3) is 11.0 Å². The highest BCUT2D eigenvalue weighted by Gasteiger charge is 2.27. The quantitative estimate of drug-likeness (QED) is 0.145. The zero-order chi connectivity index (χ0) is 31.6. The van der Waals surface area contributed by atoms with Crippen molar-refractivity contribution in [3.8, 4) is 11.6 Å². The van der Waals surface area contributed by atoms with Crippen LogP contribution in [0.1, 0.15) is 82.7 Å². The second kappa shape index (κ2) is 13.2. The van der Waals surface area contributed by atoms with Crippen LogP contribution in [-0.4, -0.2) is 70.2 Å². The van der Waals surface area contributed by atoms with E-state index in [4.69, 9.17) is 28.9 Å². The zero-order valence-electron chi connectivity index (χ0n) is 26.4. The Balaban J connectivity index is 0.996. The molecule has 0 radical (unpaired) electrons. The number of hydrogen-bond acceptors (Lipinski definition) is 9. The lowest BCUT2D eigenvalue weighted by Crippen LogP contribution is -2.35. The number of carbonyl (C=O) groups is 2. The number of piperidine rings is 1. The number of fused-ring (bicyclic) bond motifs is 1. The number of esters is 1. The average Bonchev–Trinajstić information content (AvgIpc) is 3.81. The van der Waals surface area contributed by atoms with Gasteiger partial charge in [-0.25, -0.2) is 14.8 Å². The van der Waals surface area contributed by atoms with Crippen LogP contribution in [0.2, 0.25) is 0 Å². The molecule has 1 saturated carbocycles. The third kappa shape index (κ3) is 6.78. The van der Waals surface area contributed by atoms with Crippen LogP contribution in [0.5, 0.6) is 11.6 Å². The van der Waals surface area contributed by atoms with E-state index in [2.05, 4.69) is 15.5 Å². The molecule has 2 saturated heterocycles. The highest BCUT2D eigenvalue weighted by atomic mass is 16.5. The Morgan fingerprint density at radius 2 is 1.76 bits per heavy atom. The lowest BCUT2D eigenvalue weighted by atomic mass is 9.93. The Bertz CT molecular complexity index is 1740. The third-order valence-electron chi connectivity index (χ3n) is 9.21. The number of methoxy groups -OCH3 is 1. The van der Waals surface area contributed by atoms with Gasteiger partial charge in [0.05, 0.1) is 49.0 Å². The number of ketones is 1. The van der Waals surface area contributed by atoms with Gasteiger partial charge in [0.25, 0.3) is 0 Å². The van der Waals surface area contributed by atoms with Gasteiger partial charge < -0.3 is 23.5 Å². The van der Waals surface area contributed by atoms with E-state index in [0.717, 1.165) is 98.8 Å². The van der Waals surface area contributed by atoms with Crippen molar-refractivity contribution in [2.24, 2.45) is 0 Å². The highest BCUT2D eigenvalue weighted by molar-refractivity contribution is 5.94. The van der Waals surface area contributed by atoms with Crippen molar-refractivity contribution in [2.45, 2.75) is 76.9 Å². The van der Waals surface area contributed by atoms with Crippen molar-refractivity contribution >= 4 is 22.8 Å². The maximum atomic E-state index is 12.2. The summed E-state index contributed by atoms with van der Waals surface area (Å²) in [6, 6.07) is 17.1. The van der Waals surface area contributed by atoms with Crippen molar-refractivity contribution in [2.75, 3.05) is 26.8 Å². The minimum absolute atomic E-state index is 0.0182. The fraction of sp³-hybridized carbons (Fsp3) is 0.444. The first-order valence-corrected chi connectivity index (χ1v) is 16.2. The molecule has 3 aliphatic rings. The first-order valence-electron chi connectivity index (χ1n) is 16.2. The predicted molar refractivity (Wildman–Crippen MR) is 171 cm³/mol. The lowest BCUT2D eigenvalue weighted by Gasteiger charge is -2.32. The Labute approximate surface area is 268 Å². The summed E-state index contributed by atoms with van der Waals surface area (Å²) in [5.41, 5.74) is 4.93. The number of likely N-dealkylation sites (tertiary alicyclic amines) is 1. The number of benzene rings is 2. The molecule has 0 unspecified atom stereocenters. The van der Waals surface area contributed by atoms with Crippen LogP contribution in [0.15, 0.2) is 54.6 Å². The van der Waals surface area contributed by atoms with Gasteiger partial charge in [-0.2, -0.15) is 0 Å². The Kier molecular flexibility index (Phi) is 8.73. The fourth-order valence-electron chi connectivity index (χ4n) is 6.22. The van der Waals surface area contributed by atoms with Crippen LogP contribution >= 0.6 is 0 Å². The van der Waals surface area contributed by atoms with Gasteiger partial charge >= 0.3 is 5.97 Å². The molecule has 10 nitrogen and oxygen atoms in total. The van der Waals surface area contributed by atoms with Crippen LogP contribution in [-0.2, 0) is 29.2 Å². The average molecular weight is 625 g/mol. The summed E-state index contributed by atoms with van der Waals surface area (Å²) in [4.78, 5) is 36.4. The number of rotatable bonds is 12. The van der Waals surface area contributed by atoms with Gasteiger partial charge in [0.1, 0.15) is 18.2 Å². The van der Waals surface area contributed by atoms with Crippen LogP contribution in [0.3, 0.4) is 0 Å². The fourth-order valence-corrected chi connectivity index (χ4v) is 6.22. The number of imidazole rings is 1. The van der Waals surface area contributed by atoms with Crippen molar-refractivity contribution in [3.63, 3.8) is 0 Å². The second-order valence-corrected chi connectivity index (χ2v) is 12.6. The van der Waals surface area contributed by atoms with Gasteiger partial charge in [0, 0.05) is 35.4 Å². The molecule has 1 atom stereocenters. The molecule has 10 heteroatoms. The van der Waals surface area contributed by atoms with E-state index in [0.29, 0.717) is 29.5 Å². The maximum Gasteiger partial charge on any atom is 0.337 e. The number of ether oxygens (including phenoxy) is 4. The van der Waals surface area contributed by atoms with Crippen molar-refractivity contribution in [3.05, 3.63) is 82.8 Å². The van der Waals surface area contributed by atoms with E-state index in [1.807, 2.05) is 42.5 Å². The molecular weight excluding hydrogens is 584 g/mol. The monoisotopic (exact) mass is 624 g/mol. The van der Waals surface area contributed by atoms with Gasteiger partial charge in [-0.3, -0.25) is 9.69 Å². The molecule has 7 rings (SSSR count). The molecule has 1 aliphatic carbocycles. The van der Waals surface area contributed by atoms with Gasteiger partial charge in [-0.1, -0.05) is 18.2 Å². The van der Waals surface area contributed by atoms with E-state index in [9.17, 15) is 9.59 Å². The summed E-state index contributed by atoms with van der Waals surface area (Å²) in [6.07, 6.45) is 5.48. The third-order valence-corrected chi connectivity index (χ3v) is 9.21. The zero-order valence-corrected chi connectivity index (χ0v) is 26.4. The van der Waals surface area contributed by atoms with Gasteiger partial charge in [0.2, 0.25) is 5.88 Å². The highest BCUT2D eigenvalue weighted by Crippen LogP contribution is 2.32. The van der Waals surface area contributed by atoms with Gasteiger partial charge in [-0.05, 0) is 82.4 Å². The summed E-state index contributed by atoms with van der Waals surface area (Å²) >= 11 is 0. The number of Topliss-reactive ketones (excluding diaryl/α,β-unsaturated/α-hetero) is 1. The Morgan fingerprint density at radius 1 is 0.957 bits per heavy atom. The number of nitrogens with zero attached hydrogens (tertiary/aromatic N) is 4. The van der Waals surface area contributed by atoms with E-state index < -0.39 is 0 Å². The summed E-state index contributed by atoms with van der Waals surface area (Å²) < 4.78 is 25.2. The molecule has 46 heavy (non-hydrogen) atoms. The molecule has 4 aromatic rings. The Morgan fingerprint density at radius 3 is 2.48 bits per heavy atom. The summed E-state index contributed by atoms with van der Waals surface area (Å²) in [5, 5.41) is 0. The molecule has 2 aromatic carbocycles. The molecule has 0 spiro atoms. The molecule has 0 amide bonds. The minimum Gasteiger partial charge on any atom is -0.490 e. The number of hydrogen-bond donors (Lipinski definition) is 0. The van der Waals surface area contributed by atoms with E-state index in [1.165, 1.54) is 7.11 Å². The number of pyridine rings is 1. The second-order valence-electron chi connectivity index (χ2n) is 12.6. The van der Waals surface area contributed by atoms with Gasteiger partial charge in [-0.15, -0.1) is 0 Å². The van der Waals surface area contributed by atoms with E-state index in [-0.39, 0.29) is 24.0 Å². The van der Waals surface area contributed by atoms with E-state index in [1.54, 1.807) is 13.0 Å². The van der Waals surface area contributed by atoms with E-state index >= 15 is 0 Å². The van der Waals surface area contributed by atoms with Crippen LogP contribution < -0.4 is 9.47 Å². The standard InChI is InChI=1S/C36H40N4O6/c1-23(41)25-6-7-27(33(19-25)46-28-9-10-28)22-45-35-5-3-4-30(38-35)24-12-15-39(16-13-24)21-34-37-31-11-8-26(36(42)43-2)18-32(31)40(34)20-29-14-17-44-29/h3-8,11,18-19,24,28-29H,9-10,12-17,20-22H2,1-2H3/t29-/m0/s1. The molecule has 2 aliphatic heterocycles. The molecule has 0 bridgehead atoms. The SMILES string of the molecule is COC(=O)c1ccc2nc(CN3CCC(c4cccc(OCc5ccc(C(C)=O)cc5OC5CC5)n4)CC3)n(C[C@@H]3CCO3)c2c1. The predicted octanol–water partition coefficient (Wildman–Crippen LogP) is 5.71. The molecule has 3 fully saturated rings. The molecule has 240 valence electrons. The molecular formula is C36H40N4O6.